The van der Waals surface area contributed by atoms with E-state index >= 15 is 0 Å². The molecule has 1 aromatic carbocycles. The van der Waals surface area contributed by atoms with Crippen LogP contribution < -0.4 is 11.2 Å². The molecule has 28 heavy (non-hydrogen) atoms. The normalized spacial score (nSPS) is 11.1. The van der Waals surface area contributed by atoms with Gasteiger partial charge in [0.15, 0.2) is 11.6 Å². The highest BCUT2D eigenvalue weighted by molar-refractivity contribution is 6.30. The summed E-state index contributed by atoms with van der Waals surface area (Å²) in [6.07, 6.45) is 4.72. The maximum Gasteiger partial charge on any atom is 0.357 e. The van der Waals surface area contributed by atoms with Gasteiger partial charge in [0.1, 0.15) is 0 Å². The molecule has 0 N–H and O–H groups in total. The second-order valence-electron chi connectivity index (χ2n) is 5.84. The Balaban J connectivity index is 1.90. The number of nitrogens with zero attached hydrogens (tertiary/aromatic N) is 5. The van der Waals surface area contributed by atoms with Crippen molar-refractivity contribution < 1.29 is 4.39 Å². The number of hydrogen-bond donors (Lipinski definition) is 0. The van der Waals surface area contributed by atoms with E-state index in [4.69, 9.17) is 23.2 Å². The Labute approximate surface area is 167 Å². The highest BCUT2D eigenvalue weighted by Gasteiger charge is 2.20. The average molecular weight is 418 g/mol. The second-order valence-corrected chi connectivity index (χ2v) is 6.59. The molecule has 10 heteroatoms. The van der Waals surface area contributed by atoms with Crippen molar-refractivity contribution in [1.29, 1.82) is 0 Å². The van der Waals surface area contributed by atoms with Crippen molar-refractivity contribution in [3.63, 3.8) is 0 Å². The molecule has 2 aromatic rings. The van der Waals surface area contributed by atoms with Gasteiger partial charge in [-0.3, -0.25) is 4.79 Å². The molecule has 0 unspecified atom stereocenters. The summed E-state index contributed by atoms with van der Waals surface area (Å²) in [5.41, 5.74) is -1.01. The van der Waals surface area contributed by atoms with Gasteiger partial charge in [-0.25, -0.2) is 23.7 Å². The summed E-state index contributed by atoms with van der Waals surface area (Å²) in [6, 6.07) is 7.21. The molecule has 0 radical (unpaired) electrons. The smallest absolute Gasteiger partial charge is 0.328 e. The lowest BCUT2D eigenvalue weighted by atomic mass is 10.2. The van der Waals surface area contributed by atoms with E-state index in [0.29, 0.717) is 10.1 Å². The molecule has 0 saturated carbocycles. The zero-order valence-electron chi connectivity index (χ0n) is 14.0. The Kier molecular flexibility index (Phi) is 4.66. The van der Waals surface area contributed by atoms with E-state index in [1.807, 2.05) is 0 Å². The lowest BCUT2D eigenvalue weighted by molar-refractivity contribution is 0.612. The van der Waals surface area contributed by atoms with Gasteiger partial charge in [-0.2, -0.15) is 4.98 Å². The Hall–Kier alpha value is -3.10. The van der Waals surface area contributed by atoms with Crippen molar-refractivity contribution in [2.24, 2.45) is 0 Å². The molecule has 2 aliphatic heterocycles. The number of aromatic nitrogens is 5. The molecule has 1 aromatic heterocycles. The molecule has 0 saturated heterocycles. The van der Waals surface area contributed by atoms with Crippen LogP contribution in [0, 0.1) is 5.82 Å². The largest absolute Gasteiger partial charge is 0.357 e. The maximum atomic E-state index is 14.4. The van der Waals surface area contributed by atoms with Gasteiger partial charge >= 0.3 is 5.69 Å². The molecule has 0 bridgehead atoms. The fourth-order valence-corrected chi connectivity index (χ4v) is 3.07. The molecule has 4 rings (SSSR count). The number of benzene rings is 1. The first-order valence-electron chi connectivity index (χ1n) is 7.99. The van der Waals surface area contributed by atoms with Gasteiger partial charge in [-0.15, -0.1) is 0 Å². The summed E-state index contributed by atoms with van der Waals surface area (Å²) < 4.78 is 16.6. The summed E-state index contributed by atoms with van der Waals surface area (Å²) in [7, 11) is 0. The van der Waals surface area contributed by atoms with E-state index in [9.17, 15) is 14.0 Å². The molecule has 3 heterocycles. The fraction of sp³-hybridized carbons (Fsp3) is 0.0556. The van der Waals surface area contributed by atoms with Gasteiger partial charge in [0.2, 0.25) is 5.28 Å². The molecule has 140 valence electrons. The van der Waals surface area contributed by atoms with Gasteiger partial charge in [-0.05, 0) is 35.9 Å². The number of rotatable bonds is 3. The SMILES string of the molecule is O=c1nc2n(Cc3cnc(Cl)nc3)cccc-2c(=O)n1-c1cccc(Cl)c1F. The van der Waals surface area contributed by atoms with Gasteiger partial charge < -0.3 is 4.57 Å². The predicted octanol–water partition coefficient (Wildman–Crippen LogP) is 2.78. The monoisotopic (exact) mass is 417 g/mol. The highest BCUT2D eigenvalue weighted by atomic mass is 35.5. The Morgan fingerprint density at radius 1 is 1.04 bits per heavy atom. The van der Waals surface area contributed by atoms with Gasteiger partial charge in [-0.1, -0.05) is 17.7 Å². The summed E-state index contributed by atoms with van der Waals surface area (Å²) in [5.74, 6) is -0.710. The lowest BCUT2D eigenvalue weighted by Crippen LogP contribution is -2.37. The van der Waals surface area contributed by atoms with E-state index in [-0.39, 0.29) is 33.9 Å². The zero-order valence-corrected chi connectivity index (χ0v) is 15.5. The van der Waals surface area contributed by atoms with Crippen LogP contribution >= 0.6 is 23.2 Å². The zero-order chi connectivity index (χ0) is 19.8. The molecule has 2 aliphatic rings. The van der Waals surface area contributed by atoms with Crippen LogP contribution in [0.2, 0.25) is 10.3 Å². The molecule has 0 spiro atoms. The van der Waals surface area contributed by atoms with Crippen LogP contribution in [0.25, 0.3) is 17.1 Å². The van der Waals surface area contributed by atoms with Gasteiger partial charge in [0.05, 0.1) is 22.8 Å². The molecule has 7 nitrogen and oxygen atoms in total. The Bertz CT molecular complexity index is 1270. The molecule has 0 fully saturated rings. The Morgan fingerprint density at radius 2 is 1.79 bits per heavy atom. The fourth-order valence-electron chi connectivity index (χ4n) is 2.80. The van der Waals surface area contributed by atoms with E-state index in [0.717, 1.165) is 0 Å². The van der Waals surface area contributed by atoms with Crippen LogP contribution in [-0.2, 0) is 6.54 Å². The van der Waals surface area contributed by atoms with Crippen molar-refractivity contribution in [3.05, 3.63) is 91.4 Å². The van der Waals surface area contributed by atoms with Crippen LogP contribution in [-0.4, -0.2) is 24.1 Å². The highest BCUT2D eigenvalue weighted by Crippen LogP contribution is 2.21. The van der Waals surface area contributed by atoms with E-state index in [2.05, 4.69) is 15.0 Å². The summed E-state index contributed by atoms with van der Waals surface area (Å²) in [6.45, 7) is 0.260. The number of halogens is 3. The first-order valence-corrected chi connectivity index (χ1v) is 8.74. The predicted molar refractivity (Wildman–Crippen MR) is 102 cm³/mol. The molecule has 0 atom stereocenters. The number of pyridine rings is 1. The lowest BCUT2D eigenvalue weighted by Gasteiger charge is -2.15. The number of fused-ring (bicyclic) bond motifs is 1. The topological polar surface area (TPSA) is 82.7 Å². The third-order valence-corrected chi connectivity index (χ3v) is 4.55. The minimum Gasteiger partial charge on any atom is -0.328 e. The van der Waals surface area contributed by atoms with Crippen molar-refractivity contribution in [3.8, 4) is 17.1 Å². The van der Waals surface area contributed by atoms with Crippen molar-refractivity contribution in [1.82, 2.24) is 24.1 Å². The summed E-state index contributed by atoms with van der Waals surface area (Å²) in [4.78, 5) is 37.3. The molecule has 0 amide bonds. The van der Waals surface area contributed by atoms with Gasteiger partial charge in [0.25, 0.3) is 5.56 Å². The van der Waals surface area contributed by atoms with Gasteiger partial charge in [0, 0.05) is 24.2 Å². The molecular formula is C18H10Cl2FN5O2. The summed E-state index contributed by atoms with van der Waals surface area (Å²) >= 11 is 11.5. The number of hydrogen-bond acceptors (Lipinski definition) is 5. The van der Waals surface area contributed by atoms with E-state index in [1.54, 1.807) is 16.8 Å². The van der Waals surface area contributed by atoms with Crippen LogP contribution in [0.1, 0.15) is 5.56 Å². The van der Waals surface area contributed by atoms with Crippen LogP contribution in [0.5, 0.6) is 0 Å². The second kappa shape index (κ2) is 7.14. The molecular weight excluding hydrogens is 408 g/mol. The minimum absolute atomic E-state index is 0.109. The van der Waals surface area contributed by atoms with Crippen molar-refractivity contribution >= 4 is 23.2 Å². The van der Waals surface area contributed by atoms with Crippen molar-refractivity contribution in [2.45, 2.75) is 6.54 Å². The maximum absolute atomic E-state index is 14.4. The van der Waals surface area contributed by atoms with E-state index < -0.39 is 17.1 Å². The van der Waals surface area contributed by atoms with Crippen LogP contribution in [0.3, 0.4) is 0 Å². The average Bonchev–Trinajstić information content (AvgIpc) is 2.67. The summed E-state index contributed by atoms with van der Waals surface area (Å²) in [5, 5.41) is -0.0900. The van der Waals surface area contributed by atoms with E-state index in [1.165, 1.54) is 36.7 Å². The quantitative estimate of drug-likeness (QED) is 0.478. The first kappa shape index (κ1) is 18.3. The third kappa shape index (κ3) is 3.17. The third-order valence-electron chi connectivity index (χ3n) is 4.07. The minimum atomic E-state index is -0.911. The molecule has 0 aliphatic carbocycles. The van der Waals surface area contributed by atoms with Crippen molar-refractivity contribution in [2.75, 3.05) is 0 Å². The van der Waals surface area contributed by atoms with Crippen LogP contribution in [0.15, 0.2) is 58.5 Å². The van der Waals surface area contributed by atoms with Crippen LogP contribution in [0.4, 0.5) is 4.39 Å². The standard InChI is InChI=1S/C18H10Cl2FN5O2/c19-12-4-1-5-13(14(12)21)26-16(27)11-3-2-6-25(15(11)24-18(26)28)9-10-7-22-17(20)23-8-10/h1-8H,9H2. The Morgan fingerprint density at radius 3 is 2.54 bits per heavy atom. The first-order chi connectivity index (χ1) is 13.5.